The van der Waals surface area contributed by atoms with Gasteiger partial charge in [-0.05, 0) is 40.4 Å². The fourth-order valence-corrected chi connectivity index (χ4v) is 1.52. The van der Waals surface area contributed by atoms with Crippen LogP contribution in [0.25, 0.3) is 0 Å². The van der Waals surface area contributed by atoms with Gasteiger partial charge in [-0.25, -0.2) is 0 Å². The molecule has 102 valence electrons. The first kappa shape index (κ1) is 15.0. The predicted molar refractivity (Wildman–Crippen MR) is 76.9 cm³/mol. The molecule has 0 amide bonds. The van der Waals surface area contributed by atoms with E-state index < -0.39 is 0 Å². The molecule has 1 rings (SSSR count). The Balaban J connectivity index is 2.79. The summed E-state index contributed by atoms with van der Waals surface area (Å²) in [4.78, 5) is 2.16. The summed E-state index contributed by atoms with van der Waals surface area (Å²) >= 11 is 0. The second-order valence-electron chi connectivity index (χ2n) is 5.55. The van der Waals surface area contributed by atoms with Gasteiger partial charge >= 0.3 is 0 Å². The van der Waals surface area contributed by atoms with Gasteiger partial charge in [0.15, 0.2) is 0 Å². The van der Waals surface area contributed by atoms with E-state index in [2.05, 4.69) is 39.8 Å². The molecule has 0 bridgehead atoms. The molecule has 3 heteroatoms. The number of hydrogen-bond acceptors (Lipinski definition) is 3. The maximum atomic E-state index is 6.10. The predicted octanol–water partition coefficient (Wildman–Crippen LogP) is 2.82. The molecule has 0 aliphatic rings. The molecule has 0 fully saturated rings. The zero-order chi connectivity index (χ0) is 13.8. The van der Waals surface area contributed by atoms with Gasteiger partial charge in [0.05, 0.1) is 0 Å². The number of nitrogens with two attached hydrogens (primary N) is 1. The minimum Gasteiger partial charge on any atom is -0.491 e. The molecule has 0 aliphatic carbocycles. The lowest BCUT2D eigenvalue weighted by Gasteiger charge is -2.32. The van der Waals surface area contributed by atoms with E-state index in [9.17, 15) is 0 Å². The standard InChI is InChI=1S/C15H26N2O/c1-6-13(16)12-9-7-8-10-14(12)18-11-15(2,3)17(4)5/h7-10,13H,6,11,16H2,1-5H3/t13-/m0/s1. The van der Waals surface area contributed by atoms with Crippen LogP contribution in [0.1, 0.15) is 38.8 Å². The smallest absolute Gasteiger partial charge is 0.124 e. The van der Waals surface area contributed by atoms with Gasteiger partial charge in [0.25, 0.3) is 0 Å². The Morgan fingerprint density at radius 3 is 2.44 bits per heavy atom. The summed E-state index contributed by atoms with van der Waals surface area (Å²) < 4.78 is 5.96. The molecule has 0 radical (unpaired) electrons. The SMILES string of the molecule is CC[C@H](N)c1ccccc1OCC(C)(C)N(C)C. The molecule has 18 heavy (non-hydrogen) atoms. The van der Waals surface area contributed by atoms with Gasteiger partial charge in [-0.2, -0.15) is 0 Å². The second kappa shape index (κ2) is 6.21. The molecule has 1 atom stereocenters. The molecule has 0 saturated carbocycles. The van der Waals surface area contributed by atoms with Gasteiger partial charge < -0.3 is 15.4 Å². The van der Waals surface area contributed by atoms with Crippen molar-refractivity contribution in [2.45, 2.75) is 38.8 Å². The fourth-order valence-electron chi connectivity index (χ4n) is 1.52. The van der Waals surface area contributed by atoms with Crippen molar-refractivity contribution in [3.63, 3.8) is 0 Å². The van der Waals surface area contributed by atoms with Crippen molar-refractivity contribution in [3.8, 4) is 5.75 Å². The molecule has 0 aliphatic heterocycles. The molecule has 2 N–H and O–H groups in total. The molecule has 0 saturated heterocycles. The van der Waals surface area contributed by atoms with E-state index in [4.69, 9.17) is 10.5 Å². The number of ether oxygens (including phenoxy) is 1. The van der Waals surface area contributed by atoms with Crippen molar-refractivity contribution in [2.24, 2.45) is 5.73 Å². The van der Waals surface area contributed by atoms with Gasteiger partial charge in [0, 0.05) is 17.1 Å². The Morgan fingerprint density at radius 2 is 1.89 bits per heavy atom. The van der Waals surface area contributed by atoms with Crippen LogP contribution < -0.4 is 10.5 Å². The first-order valence-corrected chi connectivity index (χ1v) is 6.53. The van der Waals surface area contributed by atoms with Crippen LogP contribution in [0.15, 0.2) is 24.3 Å². The van der Waals surface area contributed by atoms with Crippen LogP contribution in [0.3, 0.4) is 0 Å². The van der Waals surface area contributed by atoms with Crippen LogP contribution in [0.5, 0.6) is 5.75 Å². The van der Waals surface area contributed by atoms with E-state index >= 15 is 0 Å². The minimum absolute atomic E-state index is 0.00339. The molecule has 1 aromatic rings. The van der Waals surface area contributed by atoms with Crippen LogP contribution in [0.4, 0.5) is 0 Å². The Labute approximate surface area is 111 Å². The topological polar surface area (TPSA) is 38.5 Å². The highest BCUT2D eigenvalue weighted by molar-refractivity contribution is 5.35. The summed E-state index contributed by atoms with van der Waals surface area (Å²) in [6.07, 6.45) is 0.914. The summed E-state index contributed by atoms with van der Waals surface area (Å²) in [5.41, 5.74) is 7.20. The number of nitrogens with zero attached hydrogens (tertiary/aromatic N) is 1. The average Bonchev–Trinajstić information content (AvgIpc) is 2.35. The van der Waals surface area contributed by atoms with Crippen molar-refractivity contribution in [2.75, 3.05) is 20.7 Å². The van der Waals surface area contributed by atoms with Gasteiger partial charge in [0.2, 0.25) is 0 Å². The van der Waals surface area contributed by atoms with Crippen molar-refractivity contribution < 1.29 is 4.74 Å². The average molecular weight is 250 g/mol. The van der Waals surface area contributed by atoms with Gasteiger partial charge in [-0.15, -0.1) is 0 Å². The summed E-state index contributed by atoms with van der Waals surface area (Å²) in [5.74, 6) is 0.904. The van der Waals surface area contributed by atoms with Crippen molar-refractivity contribution in [1.82, 2.24) is 4.90 Å². The normalized spacial score (nSPS) is 13.7. The van der Waals surface area contributed by atoms with Crippen molar-refractivity contribution in [1.29, 1.82) is 0 Å². The minimum atomic E-state index is 0.00339. The quantitative estimate of drug-likeness (QED) is 0.843. The van der Waals surface area contributed by atoms with Crippen LogP contribution in [-0.4, -0.2) is 31.1 Å². The first-order valence-electron chi connectivity index (χ1n) is 6.53. The third kappa shape index (κ3) is 3.72. The molecule has 0 spiro atoms. The fraction of sp³-hybridized carbons (Fsp3) is 0.600. The molecule has 3 nitrogen and oxygen atoms in total. The molecular formula is C15H26N2O. The summed E-state index contributed by atoms with van der Waals surface area (Å²) in [6, 6.07) is 8.09. The number of rotatable bonds is 6. The van der Waals surface area contributed by atoms with Crippen LogP contribution in [-0.2, 0) is 0 Å². The highest BCUT2D eigenvalue weighted by Gasteiger charge is 2.22. The Hall–Kier alpha value is -1.06. The lowest BCUT2D eigenvalue weighted by atomic mass is 10.0. The van der Waals surface area contributed by atoms with Crippen molar-refractivity contribution >= 4 is 0 Å². The van der Waals surface area contributed by atoms with Crippen LogP contribution >= 0.6 is 0 Å². The van der Waals surface area contributed by atoms with E-state index in [0.29, 0.717) is 6.61 Å². The van der Waals surface area contributed by atoms with Gasteiger partial charge in [-0.3, -0.25) is 0 Å². The Bertz CT molecular complexity index is 375. The number of para-hydroxylation sites is 1. The Kier molecular flexibility index (Phi) is 5.17. The molecule has 1 aromatic carbocycles. The van der Waals surface area contributed by atoms with Gasteiger partial charge in [-0.1, -0.05) is 25.1 Å². The zero-order valence-corrected chi connectivity index (χ0v) is 12.2. The maximum Gasteiger partial charge on any atom is 0.124 e. The number of benzene rings is 1. The summed E-state index contributed by atoms with van der Waals surface area (Å²) in [6.45, 7) is 7.06. The lowest BCUT2D eigenvalue weighted by Crippen LogP contribution is -2.43. The lowest BCUT2D eigenvalue weighted by molar-refractivity contribution is 0.113. The van der Waals surface area contributed by atoms with E-state index in [-0.39, 0.29) is 11.6 Å². The molecule has 0 heterocycles. The first-order chi connectivity index (χ1) is 8.38. The third-order valence-electron chi connectivity index (χ3n) is 3.55. The number of hydrogen-bond donors (Lipinski definition) is 1. The summed E-state index contributed by atoms with van der Waals surface area (Å²) in [5, 5.41) is 0. The number of likely N-dealkylation sites (N-methyl/N-ethyl adjacent to an activating group) is 1. The third-order valence-corrected chi connectivity index (χ3v) is 3.55. The zero-order valence-electron chi connectivity index (χ0n) is 12.2. The van der Waals surface area contributed by atoms with E-state index in [1.807, 2.05) is 24.3 Å². The van der Waals surface area contributed by atoms with Crippen LogP contribution in [0.2, 0.25) is 0 Å². The highest BCUT2D eigenvalue weighted by Crippen LogP contribution is 2.26. The monoisotopic (exact) mass is 250 g/mol. The van der Waals surface area contributed by atoms with E-state index in [1.165, 1.54) is 0 Å². The molecular weight excluding hydrogens is 224 g/mol. The highest BCUT2D eigenvalue weighted by atomic mass is 16.5. The van der Waals surface area contributed by atoms with Crippen LogP contribution in [0, 0.1) is 0 Å². The molecule has 0 unspecified atom stereocenters. The van der Waals surface area contributed by atoms with E-state index in [0.717, 1.165) is 17.7 Å². The second-order valence-corrected chi connectivity index (χ2v) is 5.55. The maximum absolute atomic E-state index is 6.10. The van der Waals surface area contributed by atoms with Gasteiger partial charge in [0.1, 0.15) is 12.4 Å². The van der Waals surface area contributed by atoms with Crippen molar-refractivity contribution in [3.05, 3.63) is 29.8 Å². The largest absolute Gasteiger partial charge is 0.491 e. The summed E-state index contributed by atoms with van der Waals surface area (Å²) in [7, 11) is 4.13. The molecule has 0 aromatic heterocycles. The Morgan fingerprint density at radius 1 is 1.28 bits per heavy atom. The van der Waals surface area contributed by atoms with E-state index in [1.54, 1.807) is 0 Å².